The first kappa shape index (κ1) is 25.7. The number of aliphatic hydroxyl groups excluding tert-OH is 5. The molecule has 1 aliphatic rings. The molecule has 1 heterocycles. The van der Waals surface area contributed by atoms with Gasteiger partial charge in [0.25, 0.3) is 0 Å². The van der Waals surface area contributed by atoms with E-state index in [1.165, 1.54) is 31.4 Å². The molecule has 0 bridgehead atoms. The minimum absolute atomic E-state index is 0.0338. The van der Waals surface area contributed by atoms with Crippen LogP contribution in [0.2, 0.25) is 0 Å². The Morgan fingerprint density at radius 2 is 2.00 bits per heavy atom. The third-order valence-electron chi connectivity index (χ3n) is 4.66. The lowest BCUT2D eigenvalue weighted by Gasteiger charge is -2.24. The van der Waals surface area contributed by atoms with Gasteiger partial charge >= 0.3 is 5.97 Å². The topological polar surface area (TPSA) is 192 Å². The van der Waals surface area contributed by atoms with Crippen LogP contribution in [0.25, 0.3) is 6.08 Å². The predicted octanol–water partition coefficient (Wildman–Crippen LogP) is -2.30. The number of hydrogen-bond acceptors (Lipinski definition) is 12. The molecule has 12 nitrogen and oxygen atoms in total. The molecule has 2 rings (SSSR count). The molecule has 1 saturated heterocycles. The van der Waals surface area contributed by atoms with Gasteiger partial charge in [0.15, 0.2) is 30.2 Å². The first-order valence-corrected chi connectivity index (χ1v) is 9.53. The van der Waals surface area contributed by atoms with Gasteiger partial charge in [-0.2, -0.15) is 0 Å². The molecule has 1 aromatic rings. The number of methoxy groups -OCH3 is 1. The molecule has 1 aliphatic heterocycles. The van der Waals surface area contributed by atoms with Crippen LogP contribution in [0.4, 0.5) is 0 Å². The zero-order valence-electron chi connectivity index (χ0n) is 17.1. The summed E-state index contributed by atoms with van der Waals surface area (Å²) >= 11 is 0. The van der Waals surface area contributed by atoms with Crippen molar-refractivity contribution in [1.29, 1.82) is 0 Å². The van der Waals surface area contributed by atoms with Gasteiger partial charge in [0.05, 0.1) is 20.3 Å². The van der Waals surface area contributed by atoms with E-state index in [0.717, 1.165) is 6.08 Å². The summed E-state index contributed by atoms with van der Waals surface area (Å²) in [6.45, 7) is -1.26. The number of phenolic OH excluding ortho intramolecular Hbond substituents is 1. The van der Waals surface area contributed by atoms with Crippen molar-refractivity contribution in [3.63, 3.8) is 0 Å². The summed E-state index contributed by atoms with van der Waals surface area (Å²) in [6, 6.07) is 4.36. The number of carbonyl (C=O) groups excluding carboxylic acids is 2. The molecular formula is C20H26O12. The van der Waals surface area contributed by atoms with E-state index in [1.54, 1.807) is 0 Å². The summed E-state index contributed by atoms with van der Waals surface area (Å²) in [7, 11) is 1.37. The van der Waals surface area contributed by atoms with Crippen LogP contribution in [0, 0.1) is 0 Å². The standard InChI is InChI=1S/C20H26O12/c1-29-14-6-10(2-4-11(14)23)3-5-16(26)32-19-18(28)15(8-22)31-20(19)30-9-13(25)17(27)12(24)7-21/h2-7,12-13,15,17-20,22-25,27-28H,8-9H2,1H3. The zero-order chi connectivity index (χ0) is 23.8. The van der Waals surface area contributed by atoms with Crippen LogP contribution in [-0.2, 0) is 23.8 Å². The van der Waals surface area contributed by atoms with Crippen LogP contribution in [0.15, 0.2) is 24.3 Å². The van der Waals surface area contributed by atoms with Crippen LogP contribution in [0.5, 0.6) is 11.5 Å². The molecule has 0 amide bonds. The van der Waals surface area contributed by atoms with E-state index in [0.29, 0.717) is 5.56 Å². The summed E-state index contributed by atoms with van der Waals surface area (Å²) in [6.07, 6.45) is -8.33. The van der Waals surface area contributed by atoms with Gasteiger partial charge in [0, 0.05) is 6.08 Å². The van der Waals surface area contributed by atoms with Crippen molar-refractivity contribution in [3.05, 3.63) is 29.8 Å². The predicted molar refractivity (Wildman–Crippen MR) is 105 cm³/mol. The summed E-state index contributed by atoms with van der Waals surface area (Å²) in [5.41, 5.74) is 0.506. The highest BCUT2D eigenvalue weighted by Crippen LogP contribution is 2.27. The highest BCUT2D eigenvalue weighted by atomic mass is 16.7. The minimum atomic E-state index is -1.84. The van der Waals surface area contributed by atoms with Gasteiger partial charge in [-0.15, -0.1) is 0 Å². The number of benzene rings is 1. The van der Waals surface area contributed by atoms with E-state index >= 15 is 0 Å². The number of hydrogen-bond donors (Lipinski definition) is 6. The third kappa shape index (κ3) is 6.46. The monoisotopic (exact) mass is 458 g/mol. The molecule has 0 saturated carbocycles. The van der Waals surface area contributed by atoms with E-state index in [1.807, 2.05) is 0 Å². The van der Waals surface area contributed by atoms with E-state index in [-0.39, 0.29) is 17.8 Å². The molecule has 0 aliphatic carbocycles. The highest BCUT2D eigenvalue weighted by Gasteiger charge is 2.47. The Kier molecular flexibility index (Phi) is 9.53. The third-order valence-corrected chi connectivity index (χ3v) is 4.66. The second-order valence-electron chi connectivity index (χ2n) is 6.90. The number of esters is 1. The Morgan fingerprint density at radius 1 is 1.28 bits per heavy atom. The van der Waals surface area contributed by atoms with Gasteiger partial charge in [-0.1, -0.05) is 6.07 Å². The van der Waals surface area contributed by atoms with Crippen molar-refractivity contribution in [2.75, 3.05) is 20.3 Å². The summed E-state index contributed by atoms with van der Waals surface area (Å²) in [5.74, 6) is -0.782. The van der Waals surface area contributed by atoms with Crippen LogP contribution in [0.1, 0.15) is 5.56 Å². The van der Waals surface area contributed by atoms with Crippen molar-refractivity contribution in [1.82, 2.24) is 0 Å². The number of aldehydes is 1. The number of ether oxygens (including phenoxy) is 4. The fourth-order valence-electron chi connectivity index (χ4n) is 2.85. The maximum Gasteiger partial charge on any atom is 0.331 e. The van der Waals surface area contributed by atoms with E-state index < -0.39 is 62.1 Å². The second kappa shape index (κ2) is 11.9. The average molecular weight is 458 g/mol. The number of phenols is 1. The van der Waals surface area contributed by atoms with Crippen molar-refractivity contribution in [3.8, 4) is 11.5 Å². The average Bonchev–Trinajstić information content (AvgIpc) is 3.10. The molecule has 12 heteroatoms. The van der Waals surface area contributed by atoms with Crippen LogP contribution < -0.4 is 4.74 Å². The van der Waals surface area contributed by atoms with Crippen molar-refractivity contribution in [2.24, 2.45) is 0 Å². The molecule has 7 atom stereocenters. The molecule has 0 spiro atoms. The maximum absolute atomic E-state index is 12.2. The zero-order valence-corrected chi connectivity index (χ0v) is 17.1. The number of aliphatic hydroxyl groups is 5. The van der Waals surface area contributed by atoms with Crippen molar-refractivity contribution < 1.29 is 59.2 Å². The van der Waals surface area contributed by atoms with Gasteiger partial charge in [0.2, 0.25) is 0 Å². The highest BCUT2D eigenvalue weighted by molar-refractivity contribution is 5.87. The van der Waals surface area contributed by atoms with Gasteiger partial charge in [0.1, 0.15) is 30.5 Å². The molecular weight excluding hydrogens is 432 g/mol. The Hall–Kier alpha value is -2.58. The smallest absolute Gasteiger partial charge is 0.331 e. The van der Waals surface area contributed by atoms with Gasteiger partial charge in [-0.3, -0.25) is 0 Å². The van der Waals surface area contributed by atoms with Gasteiger partial charge < -0.3 is 54.4 Å². The molecule has 0 radical (unpaired) electrons. The number of rotatable bonds is 11. The SMILES string of the molecule is COc1cc(C=CC(=O)OC2C(OCC(O)C(O)C(O)C=O)OC(CO)C2O)ccc1O. The molecule has 7 unspecified atom stereocenters. The Balaban J connectivity index is 2.02. The normalized spacial score (nSPS) is 25.9. The first-order chi connectivity index (χ1) is 15.2. The fourth-order valence-corrected chi connectivity index (χ4v) is 2.85. The van der Waals surface area contributed by atoms with E-state index in [2.05, 4.69) is 0 Å². The summed E-state index contributed by atoms with van der Waals surface area (Å²) in [4.78, 5) is 22.7. The van der Waals surface area contributed by atoms with E-state index in [9.17, 15) is 40.2 Å². The quantitative estimate of drug-likeness (QED) is 0.118. The lowest BCUT2D eigenvalue weighted by atomic mass is 10.1. The second-order valence-corrected chi connectivity index (χ2v) is 6.90. The Bertz CT molecular complexity index is 797. The van der Waals surface area contributed by atoms with Crippen molar-refractivity contribution in [2.45, 2.75) is 42.9 Å². The minimum Gasteiger partial charge on any atom is -0.504 e. The fraction of sp³-hybridized carbons (Fsp3) is 0.500. The molecule has 1 fully saturated rings. The summed E-state index contributed by atoms with van der Waals surface area (Å²) < 4.78 is 20.6. The lowest BCUT2D eigenvalue weighted by molar-refractivity contribution is -0.201. The Morgan fingerprint density at radius 3 is 2.62 bits per heavy atom. The van der Waals surface area contributed by atoms with E-state index in [4.69, 9.17) is 18.9 Å². The molecule has 178 valence electrons. The van der Waals surface area contributed by atoms with Gasteiger partial charge in [-0.05, 0) is 23.8 Å². The number of aromatic hydroxyl groups is 1. The lowest BCUT2D eigenvalue weighted by Crippen LogP contribution is -2.43. The van der Waals surface area contributed by atoms with Crippen molar-refractivity contribution >= 4 is 18.3 Å². The largest absolute Gasteiger partial charge is 0.504 e. The van der Waals surface area contributed by atoms with Gasteiger partial charge in [-0.25, -0.2) is 4.79 Å². The molecule has 6 N–H and O–H groups in total. The summed E-state index contributed by atoms with van der Waals surface area (Å²) in [5, 5.41) is 57.8. The molecule has 32 heavy (non-hydrogen) atoms. The van der Waals surface area contributed by atoms with Crippen LogP contribution in [-0.4, -0.2) is 106 Å². The van der Waals surface area contributed by atoms with Crippen LogP contribution in [0.3, 0.4) is 0 Å². The molecule has 1 aromatic carbocycles. The molecule has 0 aromatic heterocycles. The Labute approximate surface area is 182 Å². The van der Waals surface area contributed by atoms with Crippen LogP contribution >= 0.6 is 0 Å². The number of carbonyl (C=O) groups is 2. The maximum atomic E-state index is 12.2. The first-order valence-electron chi connectivity index (χ1n) is 9.53.